The molecule has 0 bridgehead atoms. The van der Waals surface area contributed by atoms with Gasteiger partial charge in [-0.3, -0.25) is 0 Å². The first-order valence-corrected chi connectivity index (χ1v) is 7.53. The summed E-state index contributed by atoms with van der Waals surface area (Å²) in [5, 5.41) is 3.48. The average molecular weight is 284 g/mol. The lowest BCUT2D eigenvalue weighted by Gasteiger charge is -2.32. The van der Waals surface area contributed by atoms with Crippen LogP contribution in [0, 0.1) is 0 Å². The van der Waals surface area contributed by atoms with E-state index in [2.05, 4.69) is 5.32 Å². The van der Waals surface area contributed by atoms with Crippen molar-refractivity contribution in [3.8, 4) is 0 Å². The number of anilines is 1. The fourth-order valence-electron chi connectivity index (χ4n) is 2.57. The second-order valence-corrected chi connectivity index (χ2v) is 5.37. The quantitative estimate of drug-likeness (QED) is 0.898. The second-order valence-electron chi connectivity index (χ2n) is 5.37. The van der Waals surface area contributed by atoms with Crippen molar-refractivity contribution in [3.63, 3.8) is 0 Å². The molecule has 0 aromatic heterocycles. The molecule has 0 amide bonds. The first-order chi connectivity index (χ1) is 11.9. The van der Waals surface area contributed by atoms with E-state index in [0.29, 0.717) is 18.7 Å². The Hall–Kier alpha value is -1.80. The molecule has 1 aliphatic rings. The van der Waals surface area contributed by atoms with E-state index in [9.17, 15) is 0 Å². The van der Waals surface area contributed by atoms with Gasteiger partial charge in [0.15, 0.2) is 0 Å². The van der Waals surface area contributed by atoms with Crippen LogP contribution in [-0.2, 0) is 6.37 Å². The minimum Gasteiger partial charge on any atom is -0.382 e. The molecule has 2 nitrogen and oxygen atoms in total. The number of piperidine rings is 1. The summed E-state index contributed by atoms with van der Waals surface area (Å²) >= 11 is 0. The number of rotatable bonds is 5. The third-order valence-corrected chi connectivity index (χ3v) is 3.77. The van der Waals surface area contributed by atoms with Crippen LogP contribution in [-0.4, -0.2) is 30.5 Å². The van der Waals surface area contributed by atoms with E-state index >= 15 is 0 Å². The summed E-state index contributed by atoms with van der Waals surface area (Å²) in [5.74, 6) is 0. The summed E-state index contributed by atoms with van der Waals surface area (Å²) in [6.45, 7) is -0.986. The summed E-state index contributed by atoms with van der Waals surface area (Å²) in [6.07, 6.45) is -0.480. The van der Waals surface area contributed by atoms with Gasteiger partial charge in [0.25, 0.3) is 0 Å². The van der Waals surface area contributed by atoms with Gasteiger partial charge in [-0.25, -0.2) is 0 Å². The van der Waals surface area contributed by atoms with Crippen LogP contribution in [0.1, 0.15) is 23.9 Å². The third kappa shape index (κ3) is 4.33. The Labute approximate surface area is 133 Å². The van der Waals surface area contributed by atoms with Crippen LogP contribution in [0.25, 0.3) is 0 Å². The van der Waals surface area contributed by atoms with E-state index in [0.717, 1.165) is 18.5 Å². The third-order valence-electron chi connectivity index (χ3n) is 3.77. The van der Waals surface area contributed by atoms with Crippen LogP contribution in [0.5, 0.6) is 0 Å². The fourth-order valence-corrected chi connectivity index (χ4v) is 2.57. The van der Waals surface area contributed by atoms with Crippen molar-refractivity contribution in [2.75, 3.05) is 24.9 Å². The fraction of sp³-hybridized carbons (Fsp3) is 0.368. The van der Waals surface area contributed by atoms with E-state index in [1.165, 1.54) is 0 Å². The number of benzene rings is 2. The Morgan fingerprint density at radius 1 is 0.952 bits per heavy atom. The van der Waals surface area contributed by atoms with Crippen molar-refractivity contribution < 1.29 is 5.48 Å². The highest BCUT2D eigenvalue weighted by Gasteiger charge is 2.18. The average Bonchev–Trinajstić information content (AvgIpc) is 2.63. The van der Waals surface area contributed by atoms with Gasteiger partial charge in [0, 0.05) is 36.8 Å². The van der Waals surface area contributed by atoms with Crippen LogP contribution in [0.3, 0.4) is 0 Å². The Morgan fingerprint density at radius 2 is 1.57 bits per heavy atom. The van der Waals surface area contributed by atoms with Gasteiger partial charge in [0.1, 0.15) is 0 Å². The number of aryl methyl sites for hydroxylation is 1. The molecule has 2 aromatic rings. The zero-order chi connectivity index (χ0) is 17.9. The summed E-state index contributed by atoms with van der Waals surface area (Å²) in [4.78, 5) is 1.64. The van der Waals surface area contributed by atoms with E-state index in [4.69, 9.17) is 5.48 Å². The van der Waals surface area contributed by atoms with E-state index in [-0.39, 0.29) is 6.04 Å². The standard InChI is InChI=1S/C19H24N2/c1-3-7-17(8-4-1)11-14-21-15-12-19(13-16-21)20-18-9-5-2-6-10-18/h1-10,19-20H,11-16H2/i11D2,14D2. The van der Waals surface area contributed by atoms with Crippen LogP contribution in [0.4, 0.5) is 5.69 Å². The van der Waals surface area contributed by atoms with Crippen molar-refractivity contribution in [2.45, 2.75) is 25.3 Å². The number of hydrogen-bond acceptors (Lipinski definition) is 2. The van der Waals surface area contributed by atoms with Crippen LogP contribution < -0.4 is 5.32 Å². The maximum Gasteiger partial charge on any atom is 0.0434 e. The molecular weight excluding hydrogens is 256 g/mol. The van der Waals surface area contributed by atoms with E-state index < -0.39 is 12.9 Å². The van der Waals surface area contributed by atoms with Gasteiger partial charge in [-0.2, -0.15) is 0 Å². The molecule has 1 aliphatic heterocycles. The van der Waals surface area contributed by atoms with Crippen molar-refractivity contribution in [1.29, 1.82) is 0 Å². The van der Waals surface area contributed by atoms with Gasteiger partial charge < -0.3 is 10.2 Å². The molecule has 3 rings (SSSR count). The van der Waals surface area contributed by atoms with E-state index in [1.54, 1.807) is 29.2 Å². The highest BCUT2D eigenvalue weighted by atomic mass is 15.1. The minimum absolute atomic E-state index is 0.289. The first-order valence-electron chi connectivity index (χ1n) is 9.53. The van der Waals surface area contributed by atoms with Crippen LogP contribution >= 0.6 is 0 Å². The smallest absolute Gasteiger partial charge is 0.0434 e. The molecule has 1 heterocycles. The lowest BCUT2D eigenvalue weighted by molar-refractivity contribution is 0.221. The van der Waals surface area contributed by atoms with Gasteiger partial charge in [-0.05, 0) is 36.9 Å². The molecule has 21 heavy (non-hydrogen) atoms. The van der Waals surface area contributed by atoms with Gasteiger partial charge in [-0.15, -0.1) is 0 Å². The molecular formula is C19H24N2. The van der Waals surface area contributed by atoms with Gasteiger partial charge in [0.2, 0.25) is 0 Å². The summed E-state index contributed by atoms with van der Waals surface area (Å²) in [5.41, 5.74) is 1.45. The molecule has 2 aromatic carbocycles. The lowest BCUT2D eigenvalue weighted by Crippen LogP contribution is -2.40. The Morgan fingerprint density at radius 3 is 2.24 bits per heavy atom. The normalized spacial score (nSPS) is 21.0. The Kier molecular flexibility index (Phi) is 3.47. The lowest BCUT2D eigenvalue weighted by atomic mass is 10.0. The molecule has 0 saturated carbocycles. The molecule has 0 atom stereocenters. The number of hydrogen-bond donors (Lipinski definition) is 1. The largest absolute Gasteiger partial charge is 0.382 e. The molecule has 110 valence electrons. The van der Waals surface area contributed by atoms with E-state index in [1.807, 2.05) is 36.4 Å². The van der Waals surface area contributed by atoms with Crippen LogP contribution in [0.2, 0.25) is 0 Å². The summed E-state index contributed by atoms with van der Waals surface area (Å²) in [6, 6.07) is 18.9. The molecule has 1 fully saturated rings. The Bertz CT molecular complexity index is 668. The molecule has 1 saturated heterocycles. The minimum atomic E-state index is -2.06. The Balaban J connectivity index is 1.65. The molecule has 0 unspecified atom stereocenters. The number of para-hydroxylation sites is 1. The topological polar surface area (TPSA) is 15.3 Å². The predicted octanol–water partition coefficient (Wildman–Crippen LogP) is 3.81. The summed E-state index contributed by atoms with van der Waals surface area (Å²) in [7, 11) is 0. The molecule has 0 aliphatic carbocycles. The SMILES string of the molecule is [2H]C([2H])(c1ccccc1)C([2H])([2H])N1CCC(Nc2ccccc2)CC1. The highest BCUT2D eigenvalue weighted by Crippen LogP contribution is 2.16. The second kappa shape index (κ2) is 7.28. The molecule has 0 radical (unpaired) electrons. The zero-order valence-corrected chi connectivity index (χ0v) is 12.1. The predicted molar refractivity (Wildman–Crippen MR) is 89.7 cm³/mol. The molecule has 2 heteroatoms. The monoisotopic (exact) mass is 284 g/mol. The molecule has 1 N–H and O–H groups in total. The summed E-state index contributed by atoms with van der Waals surface area (Å²) < 4.78 is 33.6. The van der Waals surface area contributed by atoms with Crippen molar-refractivity contribution in [2.24, 2.45) is 0 Å². The van der Waals surface area contributed by atoms with Gasteiger partial charge >= 0.3 is 0 Å². The van der Waals surface area contributed by atoms with Crippen molar-refractivity contribution in [1.82, 2.24) is 4.90 Å². The van der Waals surface area contributed by atoms with Crippen LogP contribution in [0.15, 0.2) is 60.7 Å². The zero-order valence-electron chi connectivity index (χ0n) is 16.1. The van der Waals surface area contributed by atoms with Gasteiger partial charge in [-0.1, -0.05) is 48.5 Å². The highest BCUT2D eigenvalue weighted by molar-refractivity contribution is 5.43. The maximum atomic E-state index is 8.45. The number of nitrogens with one attached hydrogen (secondary N) is 1. The van der Waals surface area contributed by atoms with Crippen molar-refractivity contribution in [3.05, 3.63) is 66.2 Å². The van der Waals surface area contributed by atoms with Crippen molar-refractivity contribution >= 4 is 5.69 Å². The van der Waals surface area contributed by atoms with Gasteiger partial charge in [0.05, 0.1) is 0 Å². The number of nitrogens with zero attached hydrogens (tertiary/aromatic N) is 1. The first kappa shape index (κ1) is 10.0. The molecule has 0 spiro atoms. The maximum absolute atomic E-state index is 8.45. The number of likely N-dealkylation sites (tertiary alicyclic amines) is 1.